The molecule has 1 aliphatic rings. The van der Waals surface area contributed by atoms with E-state index in [-0.39, 0.29) is 10.6 Å². The van der Waals surface area contributed by atoms with Crippen molar-refractivity contribution in [2.45, 2.75) is 6.92 Å². The van der Waals surface area contributed by atoms with Crippen molar-refractivity contribution in [3.05, 3.63) is 195 Å². The van der Waals surface area contributed by atoms with E-state index in [1.807, 2.05) is 18.2 Å². The molecule has 0 spiro atoms. The molecule has 0 aromatic heterocycles. The summed E-state index contributed by atoms with van der Waals surface area (Å²) < 4.78 is 229. The topological polar surface area (TPSA) is 0 Å². The average molecular weight is 814 g/mol. The number of hydrogen-bond donors (Lipinski definition) is 0. The van der Waals surface area contributed by atoms with Crippen molar-refractivity contribution in [3.63, 3.8) is 0 Å². The molecule has 1 aliphatic heterocycles. The molecule has 7 rings (SSSR count). The van der Waals surface area contributed by atoms with Crippen molar-refractivity contribution in [2.24, 2.45) is 0 Å². The first-order valence-electron chi connectivity index (χ1n) is 15.9. The summed E-state index contributed by atoms with van der Waals surface area (Å²) in [5.74, 6) is -47.5. The molecule has 0 N–H and O–H groups in total. The van der Waals surface area contributed by atoms with Gasteiger partial charge in [0.1, 0.15) is 23.3 Å². The maximum absolute atomic E-state index is 16.2. The lowest BCUT2D eigenvalue weighted by Gasteiger charge is -2.58. The van der Waals surface area contributed by atoms with Gasteiger partial charge in [0, 0.05) is 5.56 Å². The van der Waals surface area contributed by atoms with E-state index in [1.165, 1.54) is 42.0 Å². The molecule has 0 aliphatic carbocycles. The van der Waals surface area contributed by atoms with Crippen LogP contribution in [0.15, 0.2) is 96.8 Å². The third-order valence-electron chi connectivity index (χ3n) is 9.53. The second-order valence-electron chi connectivity index (χ2n) is 12.4. The largest absolute Gasteiger partial charge is 0.276 e. The van der Waals surface area contributed by atoms with Gasteiger partial charge in [0.25, 0.3) is 5.87 Å². The molecule has 6 aromatic carbocycles. The Labute approximate surface area is 307 Å². The van der Waals surface area contributed by atoms with Gasteiger partial charge in [-0.2, -0.15) is 0 Å². The second kappa shape index (κ2) is 14.9. The van der Waals surface area contributed by atoms with Crippen LogP contribution in [0.3, 0.4) is 0 Å². The minimum atomic E-state index is -5.27. The van der Waals surface area contributed by atoms with Crippen LogP contribution >= 0.6 is 7.14 Å². The highest BCUT2D eigenvalue weighted by Crippen LogP contribution is 2.77. The lowest BCUT2D eigenvalue weighted by atomic mass is 9.31. The Hall–Kier alpha value is -5.50. The summed E-state index contributed by atoms with van der Waals surface area (Å²) in [6.45, 7) is 2.08. The number of aryl methyl sites for hydroxylation is 1. The molecule has 56 heavy (non-hydrogen) atoms. The molecule has 0 amide bonds. The van der Waals surface area contributed by atoms with Crippen LogP contribution in [-0.4, -0.2) is 5.87 Å². The molecule has 0 nitrogen and oxygen atoms in total. The summed E-state index contributed by atoms with van der Waals surface area (Å²) in [4.78, 5) is 0. The fraction of sp³-hybridized carbons (Fsp3) is 0.0256. The molecular weight excluding hydrogens is 795 g/mol. The van der Waals surface area contributed by atoms with E-state index in [9.17, 15) is 22.0 Å². The smallest absolute Gasteiger partial charge is 0.207 e. The first kappa shape index (κ1) is 40.2. The van der Waals surface area contributed by atoms with Gasteiger partial charge in [-0.1, -0.05) is 83.2 Å². The highest BCUT2D eigenvalue weighted by molar-refractivity contribution is 8.27. The predicted molar refractivity (Wildman–Crippen MR) is 182 cm³/mol. The van der Waals surface area contributed by atoms with E-state index in [1.54, 1.807) is 0 Å². The molecule has 0 saturated carbocycles. The van der Waals surface area contributed by atoms with E-state index >= 15 is 43.9 Å². The van der Waals surface area contributed by atoms with Crippen LogP contribution in [0, 0.1) is 94.2 Å². The molecule has 6 aromatic rings. The summed E-state index contributed by atoms with van der Waals surface area (Å²) >= 11 is 0. The first-order valence-corrected chi connectivity index (χ1v) is 17.9. The maximum Gasteiger partial charge on any atom is 0.276 e. The van der Waals surface area contributed by atoms with Crippen LogP contribution < -0.4 is 21.5 Å². The van der Waals surface area contributed by atoms with Crippen LogP contribution in [0.4, 0.5) is 65.9 Å². The Kier molecular flexibility index (Phi) is 10.7. The number of benzene rings is 6. The number of hydrogen-bond acceptors (Lipinski definition) is 0. The van der Waals surface area contributed by atoms with Crippen LogP contribution in [0.1, 0.15) is 11.1 Å². The van der Waals surface area contributed by atoms with Gasteiger partial charge in [0.2, 0.25) is 5.82 Å². The van der Waals surface area contributed by atoms with E-state index in [4.69, 9.17) is 0 Å². The van der Waals surface area contributed by atoms with Crippen molar-refractivity contribution in [1.29, 1.82) is 0 Å². The van der Waals surface area contributed by atoms with Gasteiger partial charge in [-0.15, -0.1) is 5.47 Å². The zero-order chi connectivity index (χ0) is 41.0. The average Bonchev–Trinajstić information content (AvgIpc) is 3.20. The van der Waals surface area contributed by atoms with Crippen LogP contribution in [-0.2, 0) is 0 Å². The normalized spacial score (nSPS) is 14.1. The summed E-state index contributed by atoms with van der Waals surface area (Å²) in [7, 11) is -4.82. The molecule has 0 fully saturated rings. The zero-order valence-electron chi connectivity index (χ0n) is 27.9. The number of rotatable bonds is 5. The maximum atomic E-state index is 16.2. The van der Waals surface area contributed by atoms with Gasteiger partial charge in [-0.25, -0.2) is 65.9 Å². The van der Waals surface area contributed by atoms with Crippen molar-refractivity contribution in [3.8, 4) is 0 Å². The number of halogens is 15. The van der Waals surface area contributed by atoms with E-state index in [2.05, 4.69) is 19.1 Å². The SMILES string of the molecule is Cc1ccccc1.Fc1c(F)c(F)c(C2=C[P+](c3ccccc3)(c3ccccc3)[B-]2(c2c(F)c(F)c(F)c(F)c2F)c2c(F)c(F)c(F)c(F)c2F)c(F)c1F. The summed E-state index contributed by atoms with van der Waals surface area (Å²) in [5, 5.41) is -0.747. The monoisotopic (exact) mass is 814 g/mol. The van der Waals surface area contributed by atoms with Crippen molar-refractivity contribution < 1.29 is 65.9 Å². The van der Waals surface area contributed by atoms with Gasteiger partial charge in [0.05, 0.1) is 10.6 Å². The third-order valence-corrected chi connectivity index (χ3v) is 14.5. The molecule has 0 bridgehead atoms. The summed E-state index contributed by atoms with van der Waals surface area (Å²) in [5.41, 5.74) is -7.27. The standard InChI is InChI=1S/C32H11BF15P.C7H8/c34-18-15(19(35)25(41)30(46)24(18)40)14-11-49(12-7-3-1-4-8-12,13-9-5-2-6-10-13)33(14,16-20(36)26(42)31(47)27(43)21(16)37)17-22(38)28(44)32(48)29(45)23(17)39;1-7-5-3-2-4-6-7/h1-11H;2-6H,1H3. The zero-order valence-corrected chi connectivity index (χ0v) is 28.8. The first-order chi connectivity index (χ1) is 26.5. The molecular formula is C39H19BF15P. The fourth-order valence-electron chi connectivity index (χ4n) is 7.18. The van der Waals surface area contributed by atoms with Gasteiger partial charge in [-0.05, 0) is 44.1 Å². The molecule has 0 saturated heterocycles. The van der Waals surface area contributed by atoms with Gasteiger partial charge in [-0.3, -0.25) is 0 Å². The minimum Gasteiger partial charge on any atom is -0.207 e. The quantitative estimate of drug-likeness (QED) is 0.0535. The van der Waals surface area contributed by atoms with Crippen LogP contribution in [0.25, 0.3) is 5.47 Å². The molecule has 288 valence electrons. The van der Waals surface area contributed by atoms with Crippen molar-refractivity contribution in [1.82, 2.24) is 0 Å². The Morgan fingerprint density at radius 3 is 0.893 bits per heavy atom. The lowest BCUT2D eigenvalue weighted by Crippen LogP contribution is -2.72. The summed E-state index contributed by atoms with van der Waals surface area (Å²) in [6.07, 6.45) is 0. The molecule has 1 heterocycles. The Balaban J connectivity index is 0.000000685. The van der Waals surface area contributed by atoms with E-state index in [0.717, 1.165) is 24.3 Å². The Morgan fingerprint density at radius 2 is 0.607 bits per heavy atom. The third kappa shape index (κ3) is 5.71. The van der Waals surface area contributed by atoms with Gasteiger partial charge < -0.3 is 0 Å². The Morgan fingerprint density at radius 1 is 0.339 bits per heavy atom. The van der Waals surface area contributed by atoms with Crippen molar-refractivity contribution in [2.75, 3.05) is 0 Å². The van der Waals surface area contributed by atoms with Gasteiger partial charge in [0.15, 0.2) is 58.2 Å². The highest BCUT2D eigenvalue weighted by Gasteiger charge is 2.70. The molecule has 0 radical (unpaired) electrons. The Bertz CT molecular complexity index is 2350. The summed E-state index contributed by atoms with van der Waals surface area (Å²) in [6, 6.07) is 21.7. The molecule has 17 heteroatoms. The minimum absolute atomic E-state index is 0.373. The van der Waals surface area contributed by atoms with E-state index in [0.29, 0.717) is 5.82 Å². The van der Waals surface area contributed by atoms with Gasteiger partial charge >= 0.3 is 0 Å². The highest BCUT2D eigenvalue weighted by atomic mass is 31.2. The predicted octanol–water partition coefficient (Wildman–Crippen LogP) is 10.1. The lowest BCUT2D eigenvalue weighted by molar-refractivity contribution is 0.376. The van der Waals surface area contributed by atoms with Crippen LogP contribution in [0.5, 0.6) is 0 Å². The molecule has 0 unspecified atom stereocenters. The second-order valence-corrected chi connectivity index (χ2v) is 16.0. The van der Waals surface area contributed by atoms with E-state index < -0.39 is 122 Å². The molecule has 0 atom stereocenters. The van der Waals surface area contributed by atoms with Crippen LogP contribution in [0.2, 0.25) is 0 Å². The van der Waals surface area contributed by atoms with Crippen molar-refractivity contribution >= 4 is 40.0 Å². The fourth-order valence-corrected chi connectivity index (χ4v) is 12.7.